The molecule has 1 fully saturated rings. The zero-order valence-electron chi connectivity index (χ0n) is 13.0. The fraction of sp³-hybridized carbons (Fsp3) is 0.600. The first kappa shape index (κ1) is 16.3. The summed E-state index contributed by atoms with van der Waals surface area (Å²) in [6.07, 6.45) is 3.50. The van der Waals surface area contributed by atoms with Crippen molar-refractivity contribution >= 4 is 15.7 Å². The summed E-state index contributed by atoms with van der Waals surface area (Å²) in [7, 11) is 0.987. The number of rotatable bonds is 6. The lowest BCUT2D eigenvalue weighted by Gasteiger charge is -2.25. The largest absolute Gasteiger partial charge is 0.378 e. The van der Waals surface area contributed by atoms with Gasteiger partial charge in [0.05, 0.1) is 6.26 Å². The van der Waals surface area contributed by atoms with Crippen LogP contribution in [-0.4, -0.2) is 53.3 Å². The molecular weight excluding hydrogens is 286 g/mol. The van der Waals surface area contributed by atoms with E-state index in [1.165, 1.54) is 17.5 Å². The highest BCUT2D eigenvalue weighted by Gasteiger charge is 2.25. The average Bonchev–Trinajstić information content (AvgIpc) is 2.86. The van der Waals surface area contributed by atoms with Crippen LogP contribution in [0.2, 0.25) is 0 Å². The van der Waals surface area contributed by atoms with Crippen LogP contribution in [0, 0.1) is 0 Å². The highest BCUT2D eigenvalue weighted by atomic mass is 32.2. The maximum absolute atomic E-state index is 11.1. The van der Waals surface area contributed by atoms with Gasteiger partial charge in [-0.05, 0) is 37.1 Å². The van der Waals surface area contributed by atoms with E-state index >= 15 is 0 Å². The minimum atomic E-state index is -3.10. The van der Waals surface area contributed by atoms with Crippen molar-refractivity contribution in [2.24, 2.45) is 0 Å². The molecule has 1 atom stereocenters. The van der Waals surface area contributed by atoms with E-state index in [2.05, 4.69) is 38.8 Å². The fourth-order valence-electron chi connectivity index (χ4n) is 2.86. The summed E-state index contributed by atoms with van der Waals surface area (Å²) in [5.41, 5.74) is 2.52. The van der Waals surface area contributed by atoms with Crippen molar-refractivity contribution in [1.82, 2.24) is 9.62 Å². The standard InChI is InChI=1S/C15H25N3O2S/c1-17(2)14-7-4-6-13(12-14)15-8-5-10-18(15)11-9-16-21(3,19)20/h4,6-7,12,15-16H,5,8-11H2,1-3H3/t15-/m0/s1. The zero-order valence-corrected chi connectivity index (χ0v) is 13.9. The monoisotopic (exact) mass is 311 g/mol. The maximum Gasteiger partial charge on any atom is 0.208 e. The van der Waals surface area contributed by atoms with Crippen molar-refractivity contribution in [3.8, 4) is 0 Å². The van der Waals surface area contributed by atoms with Crippen LogP contribution in [0.1, 0.15) is 24.4 Å². The van der Waals surface area contributed by atoms with Gasteiger partial charge < -0.3 is 4.90 Å². The van der Waals surface area contributed by atoms with E-state index in [1.807, 2.05) is 14.1 Å². The summed E-state index contributed by atoms with van der Waals surface area (Å²) in [5, 5.41) is 0. The maximum atomic E-state index is 11.1. The summed E-state index contributed by atoms with van der Waals surface area (Å²) in [6, 6.07) is 8.99. The Morgan fingerprint density at radius 1 is 1.38 bits per heavy atom. The Balaban J connectivity index is 2.03. The third-order valence-electron chi connectivity index (χ3n) is 3.90. The molecule has 1 N–H and O–H groups in total. The predicted molar refractivity (Wildman–Crippen MR) is 87.2 cm³/mol. The van der Waals surface area contributed by atoms with Crippen LogP contribution >= 0.6 is 0 Å². The highest BCUT2D eigenvalue weighted by Crippen LogP contribution is 2.32. The highest BCUT2D eigenvalue weighted by molar-refractivity contribution is 7.88. The number of benzene rings is 1. The average molecular weight is 311 g/mol. The SMILES string of the molecule is CN(C)c1cccc([C@@H]2CCCN2CCNS(C)(=O)=O)c1. The summed E-state index contributed by atoms with van der Waals surface area (Å²) in [6.45, 7) is 2.26. The second-order valence-electron chi connectivity index (χ2n) is 5.85. The number of anilines is 1. The minimum Gasteiger partial charge on any atom is -0.378 e. The van der Waals surface area contributed by atoms with Gasteiger partial charge in [0.2, 0.25) is 10.0 Å². The molecule has 0 spiro atoms. The first-order valence-corrected chi connectivity index (χ1v) is 9.22. The van der Waals surface area contributed by atoms with Gasteiger partial charge in [-0.25, -0.2) is 13.1 Å². The molecule has 1 aromatic carbocycles. The summed E-state index contributed by atoms with van der Waals surface area (Å²) < 4.78 is 24.9. The Kier molecular flexibility index (Phi) is 5.24. The molecule has 118 valence electrons. The molecule has 1 aliphatic rings. The Morgan fingerprint density at radius 3 is 2.81 bits per heavy atom. The number of hydrogen-bond donors (Lipinski definition) is 1. The molecule has 0 saturated carbocycles. The molecule has 0 aliphatic carbocycles. The third-order valence-corrected chi connectivity index (χ3v) is 4.63. The van der Waals surface area contributed by atoms with Gasteiger partial charge in [0.1, 0.15) is 0 Å². The van der Waals surface area contributed by atoms with Gasteiger partial charge in [0, 0.05) is 38.9 Å². The number of nitrogens with zero attached hydrogens (tertiary/aromatic N) is 2. The van der Waals surface area contributed by atoms with Crippen molar-refractivity contribution in [3.05, 3.63) is 29.8 Å². The molecule has 6 heteroatoms. The quantitative estimate of drug-likeness (QED) is 0.864. The lowest BCUT2D eigenvalue weighted by atomic mass is 10.0. The van der Waals surface area contributed by atoms with E-state index in [-0.39, 0.29) is 0 Å². The Morgan fingerprint density at radius 2 is 2.14 bits per heavy atom. The van der Waals surface area contributed by atoms with Crippen molar-refractivity contribution in [2.75, 3.05) is 44.9 Å². The lowest BCUT2D eigenvalue weighted by molar-refractivity contribution is 0.262. The molecule has 1 heterocycles. The number of nitrogens with one attached hydrogen (secondary N) is 1. The molecule has 0 radical (unpaired) electrons. The smallest absolute Gasteiger partial charge is 0.208 e. The molecular formula is C15H25N3O2S. The van der Waals surface area contributed by atoms with Crippen LogP contribution in [0.4, 0.5) is 5.69 Å². The zero-order chi connectivity index (χ0) is 15.5. The molecule has 0 aromatic heterocycles. The topological polar surface area (TPSA) is 52.6 Å². The van der Waals surface area contributed by atoms with Gasteiger partial charge in [0.25, 0.3) is 0 Å². The third kappa shape index (κ3) is 4.69. The normalized spacial score (nSPS) is 19.9. The van der Waals surface area contributed by atoms with Crippen LogP contribution in [0.5, 0.6) is 0 Å². The minimum absolute atomic E-state index is 0.395. The number of sulfonamides is 1. The second kappa shape index (κ2) is 6.77. The van der Waals surface area contributed by atoms with Crippen LogP contribution in [0.25, 0.3) is 0 Å². The molecule has 2 rings (SSSR count). The molecule has 1 aromatic rings. The molecule has 21 heavy (non-hydrogen) atoms. The van der Waals surface area contributed by atoms with Crippen molar-refractivity contribution < 1.29 is 8.42 Å². The van der Waals surface area contributed by atoms with E-state index in [4.69, 9.17) is 0 Å². The van der Waals surface area contributed by atoms with Gasteiger partial charge in [-0.1, -0.05) is 12.1 Å². The van der Waals surface area contributed by atoms with E-state index in [0.717, 1.165) is 25.9 Å². The fourth-order valence-corrected chi connectivity index (χ4v) is 3.32. The molecule has 5 nitrogen and oxygen atoms in total. The second-order valence-corrected chi connectivity index (χ2v) is 7.68. The molecule has 0 unspecified atom stereocenters. The van der Waals surface area contributed by atoms with Crippen LogP contribution < -0.4 is 9.62 Å². The molecule has 0 bridgehead atoms. The van der Waals surface area contributed by atoms with Gasteiger partial charge in [-0.3, -0.25) is 4.90 Å². The van der Waals surface area contributed by atoms with Gasteiger partial charge in [-0.15, -0.1) is 0 Å². The van der Waals surface area contributed by atoms with Crippen molar-refractivity contribution in [2.45, 2.75) is 18.9 Å². The lowest BCUT2D eigenvalue weighted by Crippen LogP contribution is -2.34. The summed E-state index contributed by atoms with van der Waals surface area (Å²) in [5.74, 6) is 0. The van der Waals surface area contributed by atoms with E-state index in [1.54, 1.807) is 0 Å². The first-order chi connectivity index (χ1) is 9.87. The van der Waals surface area contributed by atoms with E-state index in [0.29, 0.717) is 12.6 Å². The Hall–Kier alpha value is -1.11. The molecule has 0 amide bonds. The van der Waals surface area contributed by atoms with Gasteiger partial charge in [0.15, 0.2) is 0 Å². The molecule has 1 saturated heterocycles. The summed E-state index contributed by atoms with van der Waals surface area (Å²) >= 11 is 0. The molecule has 1 aliphatic heterocycles. The summed E-state index contributed by atoms with van der Waals surface area (Å²) in [4.78, 5) is 4.47. The van der Waals surface area contributed by atoms with Gasteiger partial charge >= 0.3 is 0 Å². The van der Waals surface area contributed by atoms with E-state index < -0.39 is 10.0 Å². The number of hydrogen-bond acceptors (Lipinski definition) is 4. The van der Waals surface area contributed by atoms with Crippen LogP contribution in [0.3, 0.4) is 0 Å². The van der Waals surface area contributed by atoms with Crippen LogP contribution in [0.15, 0.2) is 24.3 Å². The van der Waals surface area contributed by atoms with Crippen LogP contribution in [-0.2, 0) is 10.0 Å². The van der Waals surface area contributed by atoms with E-state index in [9.17, 15) is 8.42 Å². The first-order valence-electron chi connectivity index (χ1n) is 7.33. The number of likely N-dealkylation sites (tertiary alicyclic amines) is 1. The Labute approximate surface area is 128 Å². The predicted octanol–water partition coefficient (Wildman–Crippen LogP) is 1.44. The van der Waals surface area contributed by atoms with Crippen molar-refractivity contribution in [3.63, 3.8) is 0 Å². The Bertz CT molecular complexity index is 572. The van der Waals surface area contributed by atoms with Crippen molar-refractivity contribution in [1.29, 1.82) is 0 Å². The van der Waals surface area contributed by atoms with Gasteiger partial charge in [-0.2, -0.15) is 0 Å².